The van der Waals surface area contributed by atoms with Crippen LogP contribution in [-0.4, -0.2) is 28.9 Å². The van der Waals surface area contributed by atoms with Crippen molar-refractivity contribution in [3.05, 3.63) is 35.4 Å². The lowest BCUT2D eigenvalue weighted by molar-refractivity contribution is 0.0750. The average molecular weight is 306 g/mol. The molecule has 1 aromatic carbocycles. The Morgan fingerprint density at radius 2 is 1.71 bits per heavy atom. The van der Waals surface area contributed by atoms with Crippen LogP contribution in [-0.2, 0) is 6.42 Å². The van der Waals surface area contributed by atoms with Gasteiger partial charge in [-0.05, 0) is 24.5 Å². The van der Waals surface area contributed by atoms with Crippen molar-refractivity contribution in [2.24, 2.45) is 5.73 Å². The van der Waals surface area contributed by atoms with E-state index in [-0.39, 0.29) is 5.91 Å². The van der Waals surface area contributed by atoms with Gasteiger partial charge in [-0.3, -0.25) is 4.79 Å². The number of nitrogens with two attached hydrogens (primary N) is 1. The molecule has 0 saturated heterocycles. The minimum Gasteiger partial charge on any atom is -0.393 e. The standard InChI is InChI=1S/C17H26N2OS/c1-3-5-11-19(12-6-4-2)17(20)15-10-8-7-9-14(15)13-16(18)21/h7-10H,3-6,11-13H2,1-2H3,(H2,18,21). The van der Waals surface area contributed by atoms with Crippen molar-refractivity contribution in [2.75, 3.05) is 13.1 Å². The Morgan fingerprint density at radius 3 is 2.24 bits per heavy atom. The van der Waals surface area contributed by atoms with E-state index in [2.05, 4.69) is 13.8 Å². The summed E-state index contributed by atoms with van der Waals surface area (Å²) in [6.45, 7) is 5.92. The van der Waals surface area contributed by atoms with Crippen LogP contribution < -0.4 is 5.73 Å². The van der Waals surface area contributed by atoms with Gasteiger partial charge in [0.25, 0.3) is 5.91 Å². The van der Waals surface area contributed by atoms with Crippen molar-refractivity contribution in [1.82, 2.24) is 4.90 Å². The number of carbonyl (C=O) groups excluding carboxylic acids is 1. The number of hydrogen-bond acceptors (Lipinski definition) is 2. The second-order valence-corrected chi connectivity index (χ2v) is 5.82. The zero-order valence-electron chi connectivity index (χ0n) is 13.1. The molecule has 21 heavy (non-hydrogen) atoms. The third-order valence-corrected chi connectivity index (χ3v) is 3.61. The highest BCUT2D eigenvalue weighted by molar-refractivity contribution is 7.80. The zero-order chi connectivity index (χ0) is 15.7. The Morgan fingerprint density at radius 1 is 1.14 bits per heavy atom. The van der Waals surface area contributed by atoms with E-state index < -0.39 is 0 Å². The average Bonchev–Trinajstić information content (AvgIpc) is 2.47. The summed E-state index contributed by atoms with van der Waals surface area (Å²) in [7, 11) is 0. The fourth-order valence-corrected chi connectivity index (χ4v) is 2.41. The molecule has 0 aliphatic carbocycles. The first-order valence-corrected chi connectivity index (χ1v) is 8.16. The molecular formula is C17H26N2OS. The van der Waals surface area contributed by atoms with E-state index in [9.17, 15) is 4.79 Å². The molecule has 0 aliphatic rings. The maximum Gasteiger partial charge on any atom is 0.254 e. The molecule has 0 aliphatic heterocycles. The summed E-state index contributed by atoms with van der Waals surface area (Å²) in [5.41, 5.74) is 7.29. The van der Waals surface area contributed by atoms with E-state index in [1.165, 1.54) is 0 Å². The van der Waals surface area contributed by atoms with Gasteiger partial charge in [0.1, 0.15) is 0 Å². The van der Waals surface area contributed by atoms with Gasteiger partial charge in [0.05, 0.1) is 4.99 Å². The van der Waals surface area contributed by atoms with E-state index in [0.29, 0.717) is 11.4 Å². The molecule has 0 fully saturated rings. The van der Waals surface area contributed by atoms with Gasteiger partial charge >= 0.3 is 0 Å². The number of rotatable bonds is 9. The summed E-state index contributed by atoms with van der Waals surface area (Å²) in [6, 6.07) is 7.63. The summed E-state index contributed by atoms with van der Waals surface area (Å²) < 4.78 is 0. The molecule has 0 saturated carbocycles. The first-order valence-electron chi connectivity index (χ1n) is 7.75. The van der Waals surface area contributed by atoms with E-state index in [1.807, 2.05) is 29.2 Å². The predicted molar refractivity (Wildman–Crippen MR) is 92.7 cm³/mol. The summed E-state index contributed by atoms with van der Waals surface area (Å²) in [5, 5.41) is 0. The van der Waals surface area contributed by atoms with Gasteiger partial charge in [-0.25, -0.2) is 0 Å². The summed E-state index contributed by atoms with van der Waals surface area (Å²) >= 11 is 4.98. The van der Waals surface area contributed by atoms with Crippen LogP contribution in [0.4, 0.5) is 0 Å². The molecule has 0 unspecified atom stereocenters. The molecule has 0 bridgehead atoms. The van der Waals surface area contributed by atoms with Crippen molar-refractivity contribution >= 4 is 23.1 Å². The van der Waals surface area contributed by atoms with E-state index in [1.54, 1.807) is 0 Å². The second kappa shape index (κ2) is 9.50. The molecular weight excluding hydrogens is 280 g/mol. The van der Waals surface area contributed by atoms with Crippen molar-refractivity contribution in [3.8, 4) is 0 Å². The van der Waals surface area contributed by atoms with Crippen LogP contribution in [0.2, 0.25) is 0 Å². The van der Waals surface area contributed by atoms with Crippen molar-refractivity contribution in [3.63, 3.8) is 0 Å². The SMILES string of the molecule is CCCCN(CCCC)C(=O)c1ccccc1CC(N)=S. The third-order valence-electron chi connectivity index (χ3n) is 3.46. The van der Waals surface area contributed by atoms with Gasteiger partial charge in [0.2, 0.25) is 0 Å². The smallest absolute Gasteiger partial charge is 0.254 e. The molecule has 1 rings (SSSR count). The lowest BCUT2D eigenvalue weighted by Gasteiger charge is -2.23. The Bertz CT molecular complexity index is 466. The van der Waals surface area contributed by atoms with Gasteiger partial charge in [-0.2, -0.15) is 0 Å². The van der Waals surface area contributed by atoms with Crippen LogP contribution in [0.3, 0.4) is 0 Å². The largest absolute Gasteiger partial charge is 0.393 e. The van der Waals surface area contributed by atoms with Crippen molar-refractivity contribution < 1.29 is 4.79 Å². The van der Waals surface area contributed by atoms with E-state index in [0.717, 1.165) is 49.9 Å². The van der Waals surface area contributed by atoms with E-state index in [4.69, 9.17) is 18.0 Å². The quantitative estimate of drug-likeness (QED) is 0.710. The number of carbonyl (C=O) groups is 1. The first-order chi connectivity index (χ1) is 10.1. The van der Waals surface area contributed by atoms with Crippen LogP contribution in [0.5, 0.6) is 0 Å². The molecule has 0 radical (unpaired) electrons. The van der Waals surface area contributed by atoms with Gasteiger partial charge in [0, 0.05) is 25.1 Å². The molecule has 116 valence electrons. The Labute approximate surface area is 133 Å². The predicted octanol–water partition coefficient (Wildman–Crippen LogP) is 3.56. The molecule has 4 heteroatoms. The molecule has 0 heterocycles. The van der Waals surface area contributed by atoms with Crippen LogP contribution >= 0.6 is 12.2 Å². The number of benzene rings is 1. The fourth-order valence-electron chi connectivity index (χ4n) is 2.25. The number of amides is 1. The highest BCUT2D eigenvalue weighted by Crippen LogP contribution is 2.14. The summed E-state index contributed by atoms with van der Waals surface area (Å²) in [5.74, 6) is 0.101. The molecule has 3 nitrogen and oxygen atoms in total. The van der Waals surface area contributed by atoms with Crippen LogP contribution in [0.15, 0.2) is 24.3 Å². The molecule has 0 spiro atoms. The Hall–Kier alpha value is -1.42. The third kappa shape index (κ3) is 5.84. The van der Waals surface area contributed by atoms with Crippen LogP contribution in [0.1, 0.15) is 55.5 Å². The zero-order valence-corrected chi connectivity index (χ0v) is 13.9. The van der Waals surface area contributed by atoms with Gasteiger partial charge in [0.15, 0.2) is 0 Å². The lowest BCUT2D eigenvalue weighted by Crippen LogP contribution is -2.33. The first kappa shape index (κ1) is 17.6. The minimum absolute atomic E-state index is 0.101. The summed E-state index contributed by atoms with van der Waals surface area (Å²) in [6.07, 6.45) is 4.72. The van der Waals surface area contributed by atoms with Gasteiger partial charge < -0.3 is 10.6 Å². The molecule has 2 N–H and O–H groups in total. The Kier molecular flexibility index (Phi) is 7.98. The number of nitrogens with zero attached hydrogens (tertiary/aromatic N) is 1. The highest BCUT2D eigenvalue weighted by Gasteiger charge is 2.18. The topological polar surface area (TPSA) is 46.3 Å². The number of thiocarbonyl (C=S) groups is 1. The van der Waals surface area contributed by atoms with Crippen LogP contribution in [0, 0.1) is 0 Å². The lowest BCUT2D eigenvalue weighted by atomic mass is 10.0. The van der Waals surface area contributed by atoms with E-state index >= 15 is 0 Å². The maximum atomic E-state index is 12.8. The maximum absolute atomic E-state index is 12.8. The summed E-state index contributed by atoms with van der Waals surface area (Å²) in [4.78, 5) is 15.2. The number of hydrogen-bond donors (Lipinski definition) is 1. The normalized spacial score (nSPS) is 10.4. The van der Waals surface area contributed by atoms with Gasteiger partial charge in [-0.15, -0.1) is 0 Å². The van der Waals surface area contributed by atoms with Crippen molar-refractivity contribution in [2.45, 2.75) is 46.0 Å². The highest BCUT2D eigenvalue weighted by atomic mass is 32.1. The van der Waals surface area contributed by atoms with Gasteiger partial charge in [-0.1, -0.05) is 57.1 Å². The fraction of sp³-hybridized carbons (Fsp3) is 0.529. The minimum atomic E-state index is 0.101. The Balaban J connectivity index is 2.93. The molecule has 0 aromatic heterocycles. The monoisotopic (exact) mass is 306 g/mol. The molecule has 1 aromatic rings. The molecule has 0 atom stereocenters. The molecule has 1 amide bonds. The van der Waals surface area contributed by atoms with Crippen LogP contribution in [0.25, 0.3) is 0 Å². The van der Waals surface area contributed by atoms with Crippen molar-refractivity contribution in [1.29, 1.82) is 0 Å². The second-order valence-electron chi connectivity index (χ2n) is 5.30. The number of unbranched alkanes of at least 4 members (excludes halogenated alkanes) is 2.